The maximum absolute atomic E-state index is 12.3. The minimum atomic E-state index is -1.66. The summed E-state index contributed by atoms with van der Waals surface area (Å²) >= 11 is 0. The SMILES string of the molecule is COC(=O)C1(/C=C/[Si](C)(C)c2ccccc2)CCCCC1. The average molecular weight is 302 g/mol. The number of rotatable bonds is 4. The van der Waals surface area contributed by atoms with E-state index in [1.165, 1.54) is 18.7 Å². The molecule has 1 saturated carbocycles. The molecule has 0 saturated heterocycles. The Kier molecular flexibility index (Phi) is 5.04. The number of ether oxygens (including phenoxy) is 1. The molecule has 0 heterocycles. The van der Waals surface area contributed by atoms with E-state index >= 15 is 0 Å². The standard InChI is InChI=1S/C18H26O2Si/c1-20-17(19)18(12-8-5-9-13-18)14-15-21(2,3)16-10-6-4-7-11-16/h4,6-7,10-11,14-15H,5,8-9,12-13H2,1-3H3/b15-14+. The van der Waals surface area contributed by atoms with E-state index in [-0.39, 0.29) is 11.4 Å². The molecular weight excluding hydrogens is 276 g/mol. The van der Waals surface area contributed by atoms with Crippen LogP contribution in [0, 0.1) is 5.41 Å². The maximum atomic E-state index is 12.3. The zero-order valence-electron chi connectivity index (χ0n) is 13.4. The Hall–Kier alpha value is -1.35. The van der Waals surface area contributed by atoms with Gasteiger partial charge < -0.3 is 4.74 Å². The summed E-state index contributed by atoms with van der Waals surface area (Å²) in [7, 11) is -0.151. The van der Waals surface area contributed by atoms with Crippen LogP contribution in [-0.4, -0.2) is 21.2 Å². The second-order valence-electron chi connectivity index (χ2n) is 6.63. The summed E-state index contributed by atoms with van der Waals surface area (Å²) in [5.74, 6) is -0.0590. The molecule has 0 spiro atoms. The first-order valence-corrected chi connectivity index (χ1v) is 10.9. The summed E-state index contributed by atoms with van der Waals surface area (Å²) in [6.45, 7) is 4.65. The summed E-state index contributed by atoms with van der Waals surface area (Å²) in [6, 6.07) is 10.6. The molecule has 2 nitrogen and oxygen atoms in total. The van der Waals surface area contributed by atoms with Crippen molar-refractivity contribution in [3.63, 3.8) is 0 Å². The summed E-state index contributed by atoms with van der Waals surface area (Å²) in [5, 5.41) is 1.40. The smallest absolute Gasteiger partial charge is 0.315 e. The van der Waals surface area contributed by atoms with Crippen LogP contribution >= 0.6 is 0 Å². The monoisotopic (exact) mass is 302 g/mol. The topological polar surface area (TPSA) is 26.3 Å². The lowest BCUT2D eigenvalue weighted by Crippen LogP contribution is -2.41. The van der Waals surface area contributed by atoms with Crippen LogP contribution in [0.1, 0.15) is 32.1 Å². The van der Waals surface area contributed by atoms with Gasteiger partial charge in [-0.1, -0.05) is 79.7 Å². The molecule has 0 N–H and O–H groups in total. The van der Waals surface area contributed by atoms with Crippen molar-refractivity contribution in [3.8, 4) is 0 Å². The molecule has 1 aromatic carbocycles. The Labute approximate surface area is 129 Å². The van der Waals surface area contributed by atoms with Gasteiger partial charge in [0.05, 0.1) is 12.5 Å². The second kappa shape index (κ2) is 6.61. The van der Waals surface area contributed by atoms with Crippen molar-refractivity contribution >= 4 is 19.2 Å². The zero-order chi connectivity index (χ0) is 15.3. The Balaban J connectivity index is 2.25. The van der Waals surface area contributed by atoms with E-state index in [1.54, 1.807) is 0 Å². The van der Waals surface area contributed by atoms with Crippen molar-refractivity contribution in [2.75, 3.05) is 7.11 Å². The lowest BCUT2D eigenvalue weighted by Gasteiger charge is -2.32. The summed E-state index contributed by atoms with van der Waals surface area (Å²) in [6.07, 6.45) is 7.49. The van der Waals surface area contributed by atoms with Gasteiger partial charge in [-0.15, -0.1) is 0 Å². The molecule has 3 heteroatoms. The molecular formula is C18H26O2Si. The Bertz CT molecular complexity index is 499. The molecule has 1 aliphatic carbocycles. The minimum absolute atomic E-state index is 0.0590. The van der Waals surface area contributed by atoms with Crippen LogP contribution in [0.2, 0.25) is 13.1 Å². The number of benzene rings is 1. The van der Waals surface area contributed by atoms with E-state index in [2.05, 4.69) is 55.2 Å². The van der Waals surface area contributed by atoms with Crippen molar-refractivity contribution in [2.45, 2.75) is 45.2 Å². The van der Waals surface area contributed by atoms with Crippen LogP contribution in [0.25, 0.3) is 0 Å². The Morgan fingerprint density at radius 2 is 1.76 bits per heavy atom. The van der Waals surface area contributed by atoms with E-state index in [4.69, 9.17) is 4.74 Å². The fourth-order valence-corrected chi connectivity index (χ4v) is 5.14. The zero-order valence-corrected chi connectivity index (χ0v) is 14.4. The van der Waals surface area contributed by atoms with Gasteiger partial charge in [-0.05, 0) is 12.8 Å². The molecule has 1 fully saturated rings. The van der Waals surface area contributed by atoms with Crippen molar-refractivity contribution in [1.82, 2.24) is 0 Å². The van der Waals surface area contributed by atoms with Gasteiger partial charge in [-0.2, -0.15) is 0 Å². The fourth-order valence-electron chi connectivity index (χ4n) is 3.16. The van der Waals surface area contributed by atoms with E-state index in [9.17, 15) is 4.79 Å². The third kappa shape index (κ3) is 3.65. The average Bonchev–Trinajstić information content (AvgIpc) is 2.54. The van der Waals surface area contributed by atoms with Gasteiger partial charge >= 0.3 is 5.97 Å². The number of carbonyl (C=O) groups is 1. The largest absolute Gasteiger partial charge is 0.468 e. The maximum Gasteiger partial charge on any atom is 0.315 e. The molecule has 0 atom stereocenters. The summed E-state index contributed by atoms with van der Waals surface area (Å²) in [5.41, 5.74) is 1.94. The number of carbonyl (C=O) groups excluding carboxylic acids is 1. The first kappa shape index (κ1) is 16.0. The van der Waals surface area contributed by atoms with Crippen LogP contribution < -0.4 is 5.19 Å². The Morgan fingerprint density at radius 1 is 1.14 bits per heavy atom. The molecule has 0 amide bonds. The summed E-state index contributed by atoms with van der Waals surface area (Å²) < 4.78 is 5.09. The van der Waals surface area contributed by atoms with Crippen LogP contribution in [-0.2, 0) is 9.53 Å². The van der Waals surface area contributed by atoms with E-state index in [0.717, 1.165) is 25.7 Å². The van der Waals surface area contributed by atoms with E-state index in [0.29, 0.717) is 0 Å². The van der Waals surface area contributed by atoms with Gasteiger partial charge in [-0.25, -0.2) is 0 Å². The molecule has 0 unspecified atom stereocenters. The Morgan fingerprint density at radius 3 is 2.33 bits per heavy atom. The van der Waals surface area contributed by atoms with Crippen molar-refractivity contribution < 1.29 is 9.53 Å². The molecule has 0 bridgehead atoms. The van der Waals surface area contributed by atoms with Gasteiger partial charge in [0, 0.05) is 0 Å². The quantitative estimate of drug-likeness (QED) is 0.624. The van der Waals surface area contributed by atoms with Crippen molar-refractivity contribution in [2.24, 2.45) is 5.41 Å². The molecule has 2 rings (SSSR count). The number of hydrogen-bond acceptors (Lipinski definition) is 2. The van der Waals surface area contributed by atoms with E-state index < -0.39 is 8.07 Å². The van der Waals surface area contributed by atoms with Crippen LogP contribution in [0.3, 0.4) is 0 Å². The third-order valence-corrected chi connectivity index (χ3v) is 7.50. The highest BCUT2D eigenvalue weighted by molar-refractivity contribution is 6.93. The van der Waals surface area contributed by atoms with Gasteiger partial charge in [-0.3, -0.25) is 4.79 Å². The molecule has 1 aliphatic rings. The third-order valence-electron chi connectivity index (χ3n) is 4.67. The first-order chi connectivity index (χ1) is 10.0. The molecule has 0 aromatic heterocycles. The van der Waals surface area contributed by atoms with Crippen molar-refractivity contribution in [1.29, 1.82) is 0 Å². The highest BCUT2D eigenvalue weighted by atomic mass is 28.3. The highest BCUT2D eigenvalue weighted by Crippen LogP contribution is 2.39. The minimum Gasteiger partial charge on any atom is -0.468 e. The van der Waals surface area contributed by atoms with Crippen LogP contribution in [0.15, 0.2) is 42.1 Å². The summed E-state index contributed by atoms with van der Waals surface area (Å²) in [4.78, 5) is 12.3. The number of hydrogen-bond donors (Lipinski definition) is 0. The van der Waals surface area contributed by atoms with Gasteiger partial charge in [0.25, 0.3) is 0 Å². The predicted octanol–water partition coefficient (Wildman–Crippen LogP) is 3.82. The lowest BCUT2D eigenvalue weighted by molar-refractivity contribution is -0.151. The van der Waals surface area contributed by atoms with Gasteiger partial charge in [0.2, 0.25) is 0 Å². The first-order valence-electron chi connectivity index (χ1n) is 7.84. The van der Waals surface area contributed by atoms with E-state index in [1.807, 2.05) is 0 Å². The molecule has 1 aromatic rings. The van der Waals surface area contributed by atoms with Crippen molar-refractivity contribution in [3.05, 3.63) is 42.1 Å². The van der Waals surface area contributed by atoms with Crippen LogP contribution in [0.4, 0.5) is 0 Å². The van der Waals surface area contributed by atoms with Gasteiger partial charge in [0.15, 0.2) is 0 Å². The number of methoxy groups -OCH3 is 1. The molecule has 114 valence electrons. The van der Waals surface area contributed by atoms with Gasteiger partial charge in [0.1, 0.15) is 8.07 Å². The van der Waals surface area contributed by atoms with Crippen LogP contribution in [0.5, 0.6) is 0 Å². The molecule has 21 heavy (non-hydrogen) atoms. The molecule has 0 aliphatic heterocycles. The lowest BCUT2D eigenvalue weighted by atomic mass is 9.74. The normalized spacial score (nSPS) is 18.6. The molecule has 0 radical (unpaired) electrons. The second-order valence-corrected chi connectivity index (χ2v) is 11.0. The fraction of sp³-hybridized carbons (Fsp3) is 0.500. The highest BCUT2D eigenvalue weighted by Gasteiger charge is 2.38. The number of esters is 1. The predicted molar refractivity (Wildman–Crippen MR) is 90.2 cm³/mol.